The number of hydrogen-bond donors (Lipinski definition) is 1. The predicted molar refractivity (Wildman–Crippen MR) is 125 cm³/mol. The number of carbonyl (C=O) groups excluding carboxylic acids is 2. The van der Waals surface area contributed by atoms with Gasteiger partial charge in [-0.1, -0.05) is 42.5 Å². The Balaban J connectivity index is 0.000000172. The van der Waals surface area contributed by atoms with Gasteiger partial charge in [-0.25, -0.2) is 9.59 Å². The minimum absolute atomic E-state index is 0.269. The molecule has 0 bridgehead atoms. The third kappa shape index (κ3) is 5.48. The molecule has 0 unspecified atom stereocenters. The van der Waals surface area contributed by atoms with Gasteiger partial charge >= 0.3 is 11.9 Å². The molecule has 0 fully saturated rings. The molecule has 0 saturated carbocycles. The van der Waals surface area contributed by atoms with Crippen molar-refractivity contribution in [3.05, 3.63) is 106 Å². The van der Waals surface area contributed by atoms with E-state index in [9.17, 15) is 9.59 Å². The van der Waals surface area contributed by atoms with Gasteiger partial charge in [0, 0.05) is 32.7 Å². The van der Waals surface area contributed by atoms with Gasteiger partial charge < -0.3 is 14.8 Å². The maximum Gasteiger partial charge on any atom is 0.337 e. The Morgan fingerprint density at radius 3 is 2.00 bits per heavy atom. The van der Waals surface area contributed by atoms with Crippen LogP contribution >= 0.6 is 0 Å². The van der Waals surface area contributed by atoms with Crippen molar-refractivity contribution < 1.29 is 19.1 Å². The van der Waals surface area contributed by atoms with Crippen LogP contribution in [0.5, 0.6) is 0 Å². The molecular weight excluding hydrogens is 416 g/mol. The van der Waals surface area contributed by atoms with Crippen molar-refractivity contribution in [3.8, 4) is 0 Å². The smallest absolute Gasteiger partial charge is 0.337 e. The van der Waals surface area contributed by atoms with Crippen LogP contribution in [0.4, 0.5) is 0 Å². The van der Waals surface area contributed by atoms with Crippen LogP contribution in [0.2, 0.25) is 0 Å². The van der Waals surface area contributed by atoms with Gasteiger partial charge in [0.1, 0.15) is 0 Å². The quantitative estimate of drug-likeness (QED) is 0.612. The van der Waals surface area contributed by atoms with Gasteiger partial charge in [0.05, 0.1) is 25.3 Å². The van der Waals surface area contributed by atoms with Crippen molar-refractivity contribution >= 4 is 11.9 Å². The summed E-state index contributed by atoms with van der Waals surface area (Å²) in [5.41, 5.74) is 7.57. The van der Waals surface area contributed by atoms with E-state index in [1.807, 2.05) is 36.4 Å². The minimum atomic E-state index is -0.269. The average molecular weight is 445 g/mol. The van der Waals surface area contributed by atoms with E-state index in [0.29, 0.717) is 11.1 Å². The summed E-state index contributed by atoms with van der Waals surface area (Å²) < 4.78 is 9.40. The predicted octanol–water partition coefficient (Wildman–Crippen LogP) is 4.07. The molecule has 6 heteroatoms. The fourth-order valence-electron chi connectivity index (χ4n) is 4.20. The van der Waals surface area contributed by atoms with E-state index in [2.05, 4.69) is 39.2 Å². The molecule has 0 aliphatic carbocycles. The van der Waals surface area contributed by atoms with Crippen molar-refractivity contribution in [1.82, 2.24) is 10.2 Å². The molecule has 1 N–H and O–H groups in total. The summed E-state index contributed by atoms with van der Waals surface area (Å²) in [6.45, 7) is 4.50. The average Bonchev–Trinajstić information content (AvgIpc) is 3.49. The maximum absolute atomic E-state index is 11.6. The van der Waals surface area contributed by atoms with E-state index in [1.54, 1.807) is 6.07 Å². The molecule has 3 aromatic rings. The Hall–Kier alpha value is -3.48. The summed E-state index contributed by atoms with van der Waals surface area (Å²) >= 11 is 0. The molecule has 5 rings (SSSR count). The van der Waals surface area contributed by atoms with Gasteiger partial charge in [-0.3, -0.25) is 4.90 Å². The summed E-state index contributed by atoms with van der Waals surface area (Å²) in [6, 6.07) is 21.9. The highest BCUT2D eigenvalue weighted by atomic mass is 16.5. The third-order valence-electron chi connectivity index (χ3n) is 5.92. The van der Waals surface area contributed by atoms with Crippen molar-refractivity contribution in [1.29, 1.82) is 0 Å². The summed E-state index contributed by atoms with van der Waals surface area (Å²) in [6.07, 6.45) is 0. The highest BCUT2D eigenvalue weighted by Crippen LogP contribution is 2.25. The molecule has 0 atom stereocenters. The molecule has 2 heterocycles. The monoisotopic (exact) mass is 444 g/mol. The first-order valence-corrected chi connectivity index (χ1v) is 10.9. The summed E-state index contributed by atoms with van der Waals surface area (Å²) in [5, 5.41) is 3.22. The first-order valence-electron chi connectivity index (χ1n) is 10.9. The number of rotatable bonds is 4. The lowest BCUT2D eigenvalue weighted by molar-refractivity contribution is 0.0591. The third-order valence-corrected chi connectivity index (χ3v) is 5.92. The summed E-state index contributed by atoms with van der Waals surface area (Å²) in [5.74, 6) is -0.538. The number of ether oxygens (including phenoxy) is 2. The van der Waals surface area contributed by atoms with Crippen LogP contribution in [0.3, 0.4) is 0 Å². The number of nitrogens with zero attached hydrogens (tertiary/aromatic N) is 1. The molecule has 0 radical (unpaired) electrons. The molecule has 2 aliphatic rings. The van der Waals surface area contributed by atoms with E-state index in [-0.39, 0.29) is 11.9 Å². The lowest BCUT2D eigenvalue weighted by Crippen LogP contribution is -2.15. The molecule has 0 aromatic heterocycles. The molecule has 0 amide bonds. The second-order valence-corrected chi connectivity index (χ2v) is 8.18. The second-order valence-electron chi connectivity index (χ2n) is 8.18. The van der Waals surface area contributed by atoms with E-state index >= 15 is 0 Å². The first kappa shape index (κ1) is 22.7. The van der Waals surface area contributed by atoms with Gasteiger partial charge in [-0.2, -0.15) is 0 Å². The molecule has 3 aromatic carbocycles. The fraction of sp³-hybridized carbons (Fsp3) is 0.259. The van der Waals surface area contributed by atoms with Gasteiger partial charge in [0.15, 0.2) is 0 Å². The van der Waals surface area contributed by atoms with Crippen LogP contribution in [0.25, 0.3) is 0 Å². The Kier molecular flexibility index (Phi) is 7.17. The van der Waals surface area contributed by atoms with Crippen LogP contribution in [-0.4, -0.2) is 31.1 Å². The zero-order valence-electron chi connectivity index (χ0n) is 19.0. The van der Waals surface area contributed by atoms with Crippen LogP contribution in [0.15, 0.2) is 66.7 Å². The Morgan fingerprint density at radius 2 is 1.33 bits per heavy atom. The number of fused-ring (bicyclic) bond motifs is 2. The summed E-state index contributed by atoms with van der Waals surface area (Å²) in [4.78, 5) is 25.1. The van der Waals surface area contributed by atoms with Gasteiger partial charge in [-0.05, 0) is 52.1 Å². The maximum atomic E-state index is 11.6. The molecule has 33 heavy (non-hydrogen) atoms. The van der Waals surface area contributed by atoms with E-state index in [1.165, 1.54) is 42.0 Å². The number of methoxy groups -OCH3 is 2. The van der Waals surface area contributed by atoms with Crippen LogP contribution < -0.4 is 5.32 Å². The van der Waals surface area contributed by atoms with Crippen molar-refractivity contribution in [2.45, 2.75) is 32.7 Å². The van der Waals surface area contributed by atoms with E-state index in [4.69, 9.17) is 4.74 Å². The van der Waals surface area contributed by atoms with Gasteiger partial charge in [-0.15, -0.1) is 0 Å². The molecule has 170 valence electrons. The number of carbonyl (C=O) groups is 2. The van der Waals surface area contributed by atoms with Crippen LogP contribution in [0.1, 0.15) is 48.5 Å². The molecule has 0 saturated heterocycles. The van der Waals surface area contributed by atoms with Crippen LogP contribution in [0, 0.1) is 0 Å². The van der Waals surface area contributed by atoms with Gasteiger partial charge in [0.2, 0.25) is 0 Å². The zero-order valence-corrected chi connectivity index (χ0v) is 19.0. The fourth-order valence-corrected chi connectivity index (χ4v) is 4.20. The van der Waals surface area contributed by atoms with Crippen molar-refractivity contribution in [2.24, 2.45) is 0 Å². The highest BCUT2D eigenvalue weighted by Gasteiger charge is 2.20. The van der Waals surface area contributed by atoms with E-state index in [0.717, 1.165) is 32.7 Å². The minimum Gasteiger partial charge on any atom is -0.465 e. The normalized spacial score (nSPS) is 14.0. The standard InChI is InChI=1S/C17H17NO2.C10H11NO2/c1-20-17(19)14-7-8-15-11-18(12-16(15)9-14)10-13-5-3-2-4-6-13;1-13-10(12)7-2-3-8-5-11-6-9(8)4-7/h2-9H,10-12H2,1H3;2-4,11H,5-6H2,1H3. The van der Waals surface area contributed by atoms with Crippen LogP contribution in [-0.2, 0) is 42.2 Å². The number of benzene rings is 3. The topological polar surface area (TPSA) is 67.9 Å². The highest BCUT2D eigenvalue weighted by molar-refractivity contribution is 5.90. The van der Waals surface area contributed by atoms with Gasteiger partial charge in [0.25, 0.3) is 0 Å². The first-order chi connectivity index (χ1) is 16.1. The Morgan fingerprint density at radius 1 is 0.758 bits per heavy atom. The molecule has 2 aliphatic heterocycles. The van der Waals surface area contributed by atoms with Crippen molar-refractivity contribution in [2.75, 3.05) is 14.2 Å². The Bertz CT molecular complexity index is 1140. The number of nitrogens with one attached hydrogen (secondary N) is 1. The van der Waals surface area contributed by atoms with Crippen molar-refractivity contribution in [3.63, 3.8) is 0 Å². The van der Waals surface area contributed by atoms with E-state index < -0.39 is 0 Å². The SMILES string of the molecule is COC(=O)c1ccc2c(c1)CN(Cc1ccccc1)C2.COC(=O)c1ccc2c(c1)CNC2. The zero-order chi connectivity index (χ0) is 23.2. The summed E-state index contributed by atoms with van der Waals surface area (Å²) in [7, 11) is 2.81. The second kappa shape index (κ2) is 10.4. The largest absolute Gasteiger partial charge is 0.465 e. The molecule has 6 nitrogen and oxygen atoms in total. The molecular formula is C27H28N2O4. The Labute approximate surface area is 194 Å². The number of hydrogen-bond acceptors (Lipinski definition) is 6. The lowest BCUT2D eigenvalue weighted by Gasteiger charge is -2.14. The molecule has 0 spiro atoms. The number of esters is 2. The lowest BCUT2D eigenvalue weighted by atomic mass is 10.1.